The molecule has 0 aliphatic rings. The molecule has 0 atom stereocenters. The Labute approximate surface area is 117 Å². The Morgan fingerprint density at radius 1 is 1.32 bits per heavy atom. The maximum absolute atomic E-state index is 11.6. The van der Waals surface area contributed by atoms with Crippen LogP contribution in [0.2, 0.25) is 0 Å². The summed E-state index contributed by atoms with van der Waals surface area (Å²) in [7, 11) is 0. The minimum atomic E-state index is -0.834. The van der Waals surface area contributed by atoms with Crippen molar-refractivity contribution in [2.24, 2.45) is 0 Å². The second kappa shape index (κ2) is 7.84. The molecule has 0 radical (unpaired) electrons. The van der Waals surface area contributed by atoms with E-state index < -0.39 is 5.97 Å². The first-order valence-electron chi connectivity index (χ1n) is 6.17. The van der Waals surface area contributed by atoms with Crippen molar-refractivity contribution in [2.45, 2.75) is 31.6 Å². The van der Waals surface area contributed by atoms with Gasteiger partial charge in [0.05, 0.1) is 5.75 Å². The van der Waals surface area contributed by atoms with Gasteiger partial charge >= 0.3 is 5.97 Å². The van der Waals surface area contributed by atoms with Gasteiger partial charge in [-0.05, 0) is 31.9 Å². The molecule has 0 spiro atoms. The van der Waals surface area contributed by atoms with Gasteiger partial charge in [0.1, 0.15) is 0 Å². The lowest BCUT2D eigenvalue weighted by Crippen LogP contribution is -2.26. The number of carboxylic acid groups (broad SMARTS) is 1. The van der Waals surface area contributed by atoms with E-state index in [-0.39, 0.29) is 12.3 Å². The fraction of sp³-hybridized carbons (Fsp3) is 0.429. The lowest BCUT2D eigenvalue weighted by molar-refractivity contribution is -0.137. The molecule has 1 aromatic rings. The molecule has 0 aliphatic heterocycles. The summed E-state index contributed by atoms with van der Waals surface area (Å²) >= 11 is 1.50. The average molecular weight is 281 g/mol. The van der Waals surface area contributed by atoms with Crippen molar-refractivity contribution < 1.29 is 14.7 Å². The number of aryl methyl sites for hydroxylation is 2. The molecule has 0 saturated carbocycles. The van der Waals surface area contributed by atoms with Gasteiger partial charge in [0, 0.05) is 17.9 Å². The van der Waals surface area contributed by atoms with Crippen molar-refractivity contribution in [3.8, 4) is 0 Å². The summed E-state index contributed by atoms with van der Waals surface area (Å²) < 4.78 is 0. The monoisotopic (exact) mass is 281 g/mol. The van der Waals surface area contributed by atoms with Gasteiger partial charge in [-0.25, -0.2) is 0 Å². The highest BCUT2D eigenvalue weighted by atomic mass is 32.2. The topological polar surface area (TPSA) is 66.4 Å². The molecule has 0 aromatic heterocycles. The Morgan fingerprint density at radius 2 is 2.05 bits per heavy atom. The minimum Gasteiger partial charge on any atom is -0.481 e. The second-order valence-corrected chi connectivity index (χ2v) is 5.42. The highest BCUT2D eigenvalue weighted by Gasteiger charge is 2.05. The number of nitrogens with one attached hydrogen (secondary N) is 1. The van der Waals surface area contributed by atoms with Crippen LogP contribution in [0.3, 0.4) is 0 Å². The number of carbonyl (C=O) groups excluding carboxylic acids is 1. The van der Waals surface area contributed by atoms with Gasteiger partial charge in [0.15, 0.2) is 0 Å². The van der Waals surface area contributed by atoms with Crippen molar-refractivity contribution in [3.05, 3.63) is 29.3 Å². The smallest absolute Gasteiger partial charge is 0.303 e. The number of carboxylic acids is 1. The Balaban J connectivity index is 2.28. The molecule has 4 nitrogen and oxygen atoms in total. The van der Waals surface area contributed by atoms with Crippen molar-refractivity contribution in [1.29, 1.82) is 0 Å². The van der Waals surface area contributed by atoms with Crippen molar-refractivity contribution in [2.75, 3.05) is 12.3 Å². The molecule has 0 heterocycles. The van der Waals surface area contributed by atoms with E-state index in [4.69, 9.17) is 5.11 Å². The number of hydrogen-bond acceptors (Lipinski definition) is 3. The summed E-state index contributed by atoms with van der Waals surface area (Å²) in [6, 6.07) is 6.14. The first-order chi connectivity index (χ1) is 8.99. The minimum absolute atomic E-state index is 0.0598. The van der Waals surface area contributed by atoms with Crippen molar-refractivity contribution >= 4 is 23.6 Å². The molecule has 0 aliphatic carbocycles. The molecule has 1 aromatic carbocycles. The van der Waals surface area contributed by atoms with Crippen LogP contribution < -0.4 is 5.32 Å². The van der Waals surface area contributed by atoms with E-state index in [0.29, 0.717) is 18.7 Å². The standard InChI is InChI=1S/C14H19NO3S/c1-10-5-6-12(11(2)8-10)19-9-13(16)15-7-3-4-14(17)18/h5-6,8H,3-4,7,9H2,1-2H3,(H,15,16)(H,17,18). The van der Waals surface area contributed by atoms with Crippen LogP contribution in [0.5, 0.6) is 0 Å². The molecular weight excluding hydrogens is 262 g/mol. The maximum atomic E-state index is 11.6. The van der Waals surface area contributed by atoms with Gasteiger partial charge in [-0.15, -0.1) is 11.8 Å². The predicted octanol–water partition coefficient (Wildman–Crippen LogP) is 2.38. The van der Waals surface area contributed by atoms with E-state index >= 15 is 0 Å². The van der Waals surface area contributed by atoms with E-state index in [1.54, 1.807) is 0 Å². The van der Waals surface area contributed by atoms with Crippen LogP contribution >= 0.6 is 11.8 Å². The van der Waals surface area contributed by atoms with Gasteiger partial charge in [0.2, 0.25) is 5.91 Å². The molecule has 2 N–H and O–H groups in total. The molecule has 1 rings (SSSR count). The molecular formula is C14H19NO3S. The third-order valence-corrected chi connectivity index (χ3v) is 3.75. The molecule has 0 bridgehead atoms. The number of carbonyl (C=O) groups is 2. The normalized spacial score (nSPS) is 10.2. The molecule has 0 unspecified atom stereocenters. The van der Waals surface area contributed by atoms with Crippen LogP contribution in [0.1, 0.15) is 24.0 Å². The molecule has 5 heteroatoms. The lowest BCUT2D eigenvalue weighted by Gasteiger charge is -2.07. The fourth-order valence-corrected chi connectivity index (χ4v) is 2.46. The largest absolute Gasteiger partial charge is 0.481 e. The van der Waals surface area contributed by atoms with Crippen molar-refractivity contribution in [1.82, 2.24) is 5.32 Å². The molecule has 19 heavy (non-hydrogen) atoms. The number of benzene rings is 1. The Hall–Kier alpha value is -1.49. The average Bonchev–Trinajstić information content (AvgIpc) is 2.33. The predicted molar refractivity (Wildman–Crippen MR) is 76.5 cm³/mol. The van der Waals surface area contributed by atoms with Crippen LogP contribution in [0.25, 0.3) is 0 Å². The van der Waals surface area contributed by atoms with E-state index in [9.17, 15) is 9.59 Å². The number of aliphatic carboxylic acids is 1. The third-order valence-electron chi connectivity index (χ3n) is 2.58. The number of thioether (sulfide) groups is 1. The zero-order valence-corrected chi connectivity index (χ0v) is 12.0. The summed E-state index contributed by atoms with van der Waals surface area (Å²) in [5.74, 6) is -0.536. The fourth-order valence-electron chi connectivity index (χ4n) is 1.62. The lowest BCUT2D eigenvalue weighted by atomic mass is 10.2. The van der Waals surface area contributed by atoms with Gasteiger partial charge in [-0.3, -0.25) is 9.59 Å². The van der Waals surface area contributed by atoms with Gasteiger partial charge in [0.25, 0.3) is 0 Å². The van der Waals surface area contributed by atoms with Crippen LogP contribution in [0.4, 0.5) is 0 Å². The van der Waals surface area contributed by atoms with Crippen LogP contribution in [-0.2, 0) is 9.59 Å². The van der Waals surface area contributed by atoms with Crippen molar-refractivity contribution in [3.63, 3.8) is 0 Å². The van der Waals surface area contributed by atoms with Gasteiger partial charge < -0.3 is 10.4 Å². The number of hydrogen-bond donors (Lipinski definition) is 2. The van der Waals surface area contributed by atoms with E-state index in [1.165, 1.54) is 22.9 Å². The molecule has 1 amide bonds. The van der Waals surface area contributed by atoms with Gasteiger partial charge in [-0.2, -0.15) is 0 Å². The molecule has 104 valence electrons. The third kappa shape index (κ3) is 6.29. The van der Waals surface area contributed by atoms with E-state index in [1.807, 2.05) is 26.0 Å². The summed E-state index contributed by atoms with van der Waals surface area (Å²) in [6.07, 6.45) is 0.555. The zero-order valence-electron chi connectivity index (χ0n) is 11.2. The summed E-state index contributed by atoms with van der Waals surface area (Å²) in [4.78, 5) is 23.0. The van der Waals surface area contributed by atoms with E-state index in [2.05, 4.69) is 11.4 Å². The zero-order chi connectivity index (χ0) is 14.3. The highest BCUT2D eigenvalue weighted by Crippen LogP contribution is 2.22. The number of amides is 1. The number of rotatable bonds is 7. The Kier molecular flexibility index (Phi) is 6.42. The van der Waals surface area contributed by atoms with Crippen LogP contribution in [-0.4, -0.2) is 29.3 Å². The summed E-state index contributed by atoms with van der Waals surface area (Å²) in [5.41, 5.74) is 2.38. The highest BCUT2D eigenvalue weighted by molar-refractivity contribution is 8.00. The Bertz CT molecular complexity index is 460. The molecule has 0 saturated heterocycles. The summed E-state index contributed by atoms with van der Waals surface area (Å²) in [5, 5.41) is 11.2. The Morgan fingerprint density at radius 3 is 2.68 bits per heavy atom. The van der Waals surface area contributed by atoms with Gasteiger partial charge in [-0.1, -0.05) is 17.7 Å². The maximum Gasteiger partial charge on any atom is 0.303 e. The second-order valence-electron chi connectivity index (χ2n) is 4.40. The SMILES string of the molecule is Cc1ccc(SCC(=O)NCCCC(=O)O)c(C)c1. The quantitative estimate of drug-likeness (QED) is 0.595. The molecule has 0 fully saturated rings. The first kappa shape index (κ1) is 15.6. The van der Waals surface area contributed by atoms with Crippen LogP contribution in [0.15, 0.2) is 23.1 Å². The first-order valence-corrected chi connectivity index (χ1v) is 7.16. The van der Waals surface area contributed by atoms with Crippen LogP contribution in [0, 0.1) is 13.8 Å². The summed E-state index contributed by atoms with van der Waals surface area (Å²) in [6.45, 7) is 4.48. The van der Waals surface area contributed by atoms with E-state index in [0.717, 1.165) is 4.90 Å².